The molecule has 0 aromatic heterocycles. The first-order chi connectivity index (χ1) is 9.94. The van der Waals surface area contributed by atoms with Crippen molar-refractivity contribution < 1.29 is 8.42 Å². The number of aryl methyl sites for hydroxylation is 1. The third-order valence-electron chi connectivity index (χ3n) is 3.02. The average molecular weight is 365 g/mol. The Morgan fingerprint density at radius 1 is 1.24 bits per heavy atom. The molecule has 0 heterocycles. The van der Waals surface area contributed by atoms with Crippen LogP contribution in [0.25, 0.3) is 0 Å². The van der Waals surface area contributed by atoms with Crippen LogP contribution in [0.1, 0.15) is 16.7 Å². The smallest absolute Gasteiger partial charge is 0.207 e. The SMILES string of the molecule is Cc1ccc(C#N)cc1S(=O)(=O)NCc1ccccc1Br. The summed E-state index contributed by atoms with van der Waals surface area (Å²) in [7, 11) is -3.66. The topological polar surface area (TPSA) is 70.0 Å². The third kappa shape index (κ3) is 3.70. The summed E-state index contributed by atoms with van der Waals surface area (Å²) in [5.74, 6) is 0. The molecule has 0 unspecified atom stereocenters. The van der Waals surface area contributed by atoms with Crippen LogP contribution in [-0.2, 0) is 16.6 Å². The molecule has 0 aliphatic carbocycles. The van der Waals surface area contributed by atoms with Gasteiger partial charge in [-0.25, -0.2) is 13.1 Å². The molecule has 21 heavy (non-hydrogen) atoms. The number of rotatable bonds is 4. The van der Waals surface area contributed by atoms with Gasteiger partial charge in [0, 0.05) is 11.0 Å². The van der Waals surface area contributed by atoms with E-state index in [-0.39, 0.29) is 11.4 Å². The van der Waals surface area contributed by atoms with Gasteiger partial charge in [0.1, 0.15) is 0 Å². The lowest BCUT2D eigenvalue weighted by Crippen LogP contribution is -2.24. The standard InChI is InChI=1S/C15H13BrN2O2S/c1-11-6-7-12(9-17)8-15(11)21(19,20)18-10-13-4-2-3-5-14(13)16/h2-8,18H,10H2,1H3. The molecule has 6 heteroatoms. The maximum absolute atomic E-state index is 12.4. The Labute approximate surface area is 132 Å². The lowest BCUT2D eigenvalue weighted by atomic mass is 10.2. The van der Waals surface area contributed by atoms with Gasteiger partial charge in [0.05, 0.1) is 16.5 Å². The number of nitrogens with one attached hydrogen (secondary N) is 1. The van der Waals surface area contributed by atoms with Crippen molar-refractivity contribution in [2.24, 2.45) is 0 Å². The zero-order valence-corrected chi connectivity index (χ0v) is 13.7. The lowest BCUT2D eigenvalue weighted by molar-refractivity contribution is 0.580. The summed E-state index contributed by atoms with van der Waals surface area (Å²) >= 11 is 3.38. The Hall–Kier alpha value is -1.68. The van der Waals surface area contributed by atoms with Gasteiger partial charge in [-0.1, -0.05) is 40.2 Å². The van der Waals surface area contributed by atoms with E-state index in [0.29, 0.717) is 11.1 Å². The molecule has 0 spiro atoms. The highest BCUT2D eigenvalue weighted by atomic mass is 79.9. The van der Waals surface area contributed by atoms with Gasteiger partial charge in [-0.15, -0.1) is 0 Å². The summed E-state index contributed by atoms with van der Waals surface area (Å²) in [5, 5.41) is 8.89. The van der Waals surface area contributed by atoms with E-state index in [9.17, 15) is 8.42 Å². The normalized spacial score (nSPS) is 11.1. The quantitative estimate of drug-likeness (QED) is 0.905. The van der Waals surface area contributed by atoms with Crippen LogP contribution < -0.4 is 4.72 Å². The third-order valence-corrected chi connectivity index (χ3v) is 5.33. The van der Waals surface area contributed by atoms with E-state index in [1.807, 2.05) is 30.3 Å². The van der Waals surface area contributed by atoms with Gasteiger partial charge >= 0.3 is 0 Å². The second-order valence-corrected chi connectivity index (χ2v) is 7.10. The van der Waals surface area contributed by atoms with Crippen molar-refractivity contribution in [2.45, 2.75) is 18.4 Å². The fraction of sp³-hybridized carbons (Fsp3) is 0.133. The molecule has 0 aliphatic heterocycles. The number of hydrogen-bond acceptors (Lipinski definition) is 3. The fourth-order valence-electron chi connectivity index (χ4n) is 1.85. The number of hydrogen-bond donors (Lipinski definition) is 1. The van der Waals surface area contributed by atoms with Gasteiger partial charge in [-0.3, -0.25) is 0 Å². The van der Waals surface area contributed by atoms with Crippen LogP contribution >= 0.6 is 15.9 Å². The molecule has 2 rings (SSSR count). The molecule has 4 nitrogen and oxygen atoms in total. The molecule has 1 N–H and O–H groups in total. The van der Waals surface area contributed by atoms with Gasteiger partial charge < -0.3 is 0 Å². The summed E-state index contributed by atoms with van der Waals surface area (Å²) in [4.78, 5) is 0.133. The minimum atomic E-state index is -3.66. The van der Waals surface area contributed by atoms with Gasteiger partial charge in [0.15, 0.2) is 0 Å². The molecule has 0 atom stereocenters. The Bertz CT molecular complexity index is 811. The van der Waals surface area contributed by atoms with Crippen molar-refractivity contribution in [3.8, 4) is 6.07 Å². The zero-order valence-electron chi connectivity index (χ0n) is 11.3. The predicted octanol–water partition coefficient (Wildman–Crippen LogP) is 3.11. The monoisotopic (exact) mass is 364 g/mol. The Morgan fingerprint density at radius 2 is 1.95 bits per heavy atom. The van der Waals surface area contributed by atoms with Crippen LogP contribution in [0, 0.1) is 18.3 Å². The highest BCUT2D eigenvalue weighted by Crippen LogP contribution is 2.19. The van der Waals surface area contributed by atoms with E-state index in [1.165, 1.54) is 6.07 Å². The predicted molar refractivity (Wildman–Crippen MR) is 84.1 cm³/mol. The minimum Gasteiger partial charge on any atom is -0.207 e. The van der Waals surface area contributed by atoms with Crippen LogP contribution in [-0.4, -0.2) is 8.42 Å². The number of benzene rings is 2. The number of sulfonamides is 1. The average Bonchev–Trinajstić information content (AvgIpc) is 2.47. The van der Waals surface area contributed by atoms with E-state index in [4.69, 9.17) is 5.26 Å². The molecule has 108 valence electrons. The molecule has 2 aromatic rings. The Morgan fingerprint density at radius 3 is 2.62 bits per heavy atom. The number of halogens is 1. The van der Waals surface area contributed by atoms with Crippen molar-refractivity contribution in [3.05, 3.63) is 63.6 Å². The number of nitriles is 1. The highest BCUT2D eigenvalue weighted by molar-refractivity contribution is 9.10. The van der Waals surface area contributed by atoms with Crippen molar-refractivity contribution in [2.75, 3.05) is 0 Å². The van der Waals surface area contributed by atoms with Crippen LogP contribution in [0.5, 0.6) is 0 Å². The summed E-state index contributed by atoms with van der Waals surface area (Å²) in [6.45, 7) is 1.88. The van der Waals surface area contributed by atoms with Gasteiger partial charge in [-0.05, 0) is 36.2 Å². The largest absolute Gasteiger partial charge is 0.241 e. The first-order valence-electron chi connectivity index (χ1n) is 6.18. The van der Waals surface area contributed by atoms with Crippen molar-refractivity contribution in [1.82, 2.24) is 4.72 Å². The number of nitrogens with zero attached hydrogens (tertiary/aromatic N) is 1. The second kappa shape index (κ2) is 6.39. The Kier molecular flexibility index (Phi) is 4.78. The molecule has 0 fully saturated rings. The maximum Gasteiger partial charge on any atom is 0.241 e. The molecular weight excluding hydrogens is 352 g/mol. The zero-order chi connectivity index (χ0) is 15.5. The molecule has 0 bridgehead atoms. The van der Waals surface area contributed by atoms with Crippen molar-refractivity contribution >= 4 is 26.0 Å². The summed E-state index contributed by atoms with van der Waals surface area (Å²) in [6, 6.07) is 14.0. The first kappa shape index (κ1) is 15.7. The van der Waals surface area contributed by atoms with Gasteiger partial charge in [-0.2, -0.15) is 5.26 Å². The van der Waals surface area contributed by atoms with Gasteiger partial charge in [0.2, 0.25) is 10.0 Å². The first-order valence-corrected chi connectivity index (χ1v) is 8.45. The second-order valence-electron chi connectivity index (χ2n) is 4.51. The molecule has 0 radical (unpaired) electrons. The summed E-state index contributed by atoms with van der Waals surface area (Å²) in [5.41, 5.74) is 1.77. The molecule has 0 amide bonds. The van der Waals surface area contributed by atoms with E-state index < -0.39 is 10.0 Å². The molecule has 2 aromatic carbocycles. The molecule has 0 aliphatic rings. The van der Waals surface area contributed by atoms with Crippen molar-refractivity contribution in [3.63, 3.8) is 0 Å². The lowest BCUT2D eigenvalue weighted by Gasteiger charge is -2.10. The van der Waals surface area contributed by atoms with Crippen molar-refractivity contribution in [1.29, 1.82) is 5.26 Å². The summed E-state index contributed by atoms with van der Waals surface area (Å²) in [6.07, 6.45) is 0. The van der Waals surface area contributed by atoms with E-state index >= 15 is 0 Å². The molecular formula is C15H13BrN2O2S. The maximum atomic E-state index is 12.4. The fourth-order valence-corrected chi connectivity index (χ4v) is 3.55. The Balaban J connectivity index is 2.28. The molecule has 0 saturated carbocycles. The highest BCUT2D eigenvalue weighted by Gasteiger charge is 2.17. The van der Waals surface area contributed by atoms with Crippen LogP contribution in [0.15, 0.2) is 51.8 Å². The van der Waals surface area contributed by atoms with E-state index in [2.05, 4.69) is 20.7 Å². The van der Waals surface area contributed by atoms with E-state index in [0.717, 1.165) is 10.0 Å². The van der Waals surface area contributed by atoms with Crippen LogP contribution in [0.4, 0.5) is 0 Å². The van der Waals surface area contributed by atoms with E-state index in [1.54, 1.807) is 19.1 Å². The van der Waals surface area contributed by atoms with Gasteiger partial charge in [0.25, 0.3) is 0 Å². The van der Waals surface area contributed by atoms with Crippen LogP contribution in [0.2, 0.25) is 0 Å². The summed E-state index contributed by atoms with van der Waals surface area (Å²) < 4.78 is 28.1. The minimum absolute atomic E-state index is 0.133. The molecule has 0 saturated heterocycles. The van der Waals surface area contributed by atoms with Crippen LogP contribution in [0.3, 0.4) is 0 Å².